The van der Waals surface area contributed by atoms with E-state index in [1.165, 1.54) is 30.7 Å². The fourth-order valence-corrected chi connectivity index (χ4v) is 5.47. The van der Waals surface area contributed by atoms with Crippen LogP contribution in [0.4, 0.5) is 4.39 Å². The van der Waals surface area contributed by atoms with Gasteiger partial charge in [-0.2, -0.15) is 5.10 Å². The van der Waals surface area contributed by atoms with Gasteiger partial charge in [-0.05, 0) is 64.9 Å². The monoisotopic (exact) mass is 614 g/mol. The fraction of sp³-hybridized carbons (Fsp3) is 0.0909. The Kier molecular flexibility index (Phi) is 7.58. The highest BCUT2D eigenvalue weighted by molar-refractivity contribution is 14.2. The molecule has 11 heteroatoms. The number of fused-ring (bicyclic) bond motifs is 1. The summed E-state index contributed by atoms with van der Waals surface area (Å²) in [6.45, 7) is 1.82. The summed E-state index contributed by atoms with van der Waals surface area (Å²) in [4.78, 5) is 18.7. The van der Waals surface area contributed by atoms with Gasteiger partial charge in [-0.15, -0.1) is 0 Å². The minimum absolute atomic E-state index is 0.187. The van der Waals surface area contributed by atoms with E-state index < -0.39 is 11.9 Å². The van der Waals surface area contributed by atoms with E-state index in [-0.39, 0.29) is 17.8 Å². The number of carbonyl (C=O) groups is 1. The fourth-order valence-electron chi connectivity index (χ4n) is 3.27. The van der Waals surface area contributed by atoms with Gasteiger partial charge in [-0.3, -0.25) is 14.8 Å². The molecule has 0 amide bonds. The van der Waals surface area contributed by atoms with Gasteiger partial charge in [-0.1, -0.05) is 29.3 Å². The number of halogens is 4. The molecule has 2 atom stereocenters. The number of ether oxygens (including phenoxy) is 1. The molecule has 0 aliphatic rings. The molecule has 0 fully saturated rings. The van der Waals surface area contributed by atoms with Crippen LogP contribution < -0.4 is 4.74 Å². The highest BCUT2D eigenvalue weighted by atomic mass is 127. The molecule has 4 aromatic rings. The normalized spacial score (nSPS) is 13.1. The van der Waals surface area contributed by atoms with Crippen molar-refractivity contribution in [2.75, 3.05) is 0 Å². The van der Waals surface area contributed by atoms with Gasteiger partial charge in [0, 0.05) is 29.5 Å². The third kappa shape index (κ3) is 5.19. The Morgan fingerprint density at radius 2 is 1.97 bits per heavy atom. The molecule has 0 radical (unpaired) electrons. The molecular formula is C22H15Cl2FIN4O2P. The maximum atomic E-state index is 15.3. The zero-order valence-electron chi connectivity index (χ0n) is 17.0. The van der Waals surface area contributed by atoms with E-state index in [1.54, 1.807) is 22.7 Å². The van der Waals surface area contributed by atoms with E-state index in [1.807, 2.05) is 13.0 Å². The lowest BCUT2D eigenvalue weighted by Crippen LogP contribution is -2.05. The Morgan fingerprint density at radius 1 is 1.21 bits per heavy atom. The zero-order valence-corrected chi connectivity index (χ0v) is 21.6. The van der Waals surface area contributed by atoms with Crippen molar-refractivity contribution in [2.45, 2.75) is 13.0 Å². The number of hydrogen-bond donors (Lipinski definition) is 0. The maximum Gasteiger partial charge on any atom is 0.168 e. The molecule has 33 heavy (non-hydrogen) atoms. The lowest BCUT2D eigenvalue weighted by Gasteiger charge is -2.17. The average Bonchev–Trinajstić information content (AvgIpc) is 3.17. The summed E-state index contributed by atoms with van der Waals surface area (Å²) in [6, 6.07) is 8.52. The molecule has 168 valence electrons. The van der Waals surface area contributed by atoms with E-state index in [0.29, 0.717) is 38.6 Å². The molecule has 6 nitrogen and oxygen atoms in total. The molecule has 4 rings (SSSR count). The molecule has 0 spiro atoms. The second kappa shape index (κ2) is 10.4. The van der Waals surface area contributed by atoms with E-state index in [2.05, 4.69) is 37.1 Å². The SMILES string of the molecule is CC(Oc1ccc2c(c1)c(/C(F)=C/c1ccc(C=O)nc1)nn2PI)c1c(Cl)cncc1Cl. The van der Waals surface area contributed by atoms with Gasteiger partial charge in [0.05, 0.1) is 21.9 Å². The van der Waals surface area contributed by atoms with Crippen LogP contribution in [0.3, 0.4) is 0 Å². The Hall–Kier alpha value is -2.13. The third-order valence-corrected chi connectivity index (χ3v) is 7.27. The van der Waals surface area contributed by atoms with Crippen molar-refractivity contribution >= 4 is 80.7 Å². The van der Waals surface area contributed by atoms with Crippen molar-refractivity contribution in [1.29, 1.82) is 0 Å². The van der Waals surface area contributed by atoms with E-state index in [9.17, 15) is 4.79 Å². The molecule has 1 aromatic carbocycles. The van der Waals surface area contributed by atoms with Gasteiger partial charge < -0.3 is 4.74 Å². The molecule has 0 aliphatic carbocycles. The zero-order chi connectivity index (χ0) is 23.5. The van der Waals surface area contributed by atoms with Gasteiger partial charge >= 0.3 is 0 Å². The van der Waals surface area contributed by atoms with Crippen LogP contribution in [-0.2, 0) is 0 Å². The number of aldehydes is 1. The summed E-state index contributed by atoms with van der Waals surface area (Å²) in [5, 5.41) is 5.84. The van der Waals surface area contributed by atoms with Gasteiger partial charge in [0.25, 0.3) is 0 Å². The van der Waals surface area contributed by atoms with Crippen molar-refractivity contribution in [2.24, 2.45) is 0 Å². The van der Waals surface area contributed by atoms with E-state index in [4.69, 9.17) is 27.9 Å². The van der Waals surface area contributed by atoms with Crippen LogP contribution in [0, 0.1) is 0 Å². The number of hydrogen-bond acceptors (Lipinski definition) is 5. The summed E-state index contributed by atoms with van der Waals surface area (Å²) in [5.74, 6) is -0.0131. The smallest absolute Gasteiger partial charge is 0.168 e. The van der Waals surface area contributed by atoms with Gasteiger partial charge in [-0.25, -0.2) is 8.84 Å². The summed E-state index contributed by atoms with van der Waals surface area (Å²) < 4.78 is 23.1. The predicted octanol–water partition coefficient (Wildman–Crippen LogP) is 7.34. The van der Waals surface area contributed by atoms with Crippen LogP contribution in [0.5, 0.6) is 5.75 Å². The number of nitrogens with zero attached hydrogens (tertiary/aromatic N) is 4. The first-order valence-corrected chi connectivity index (χ1v) is 14.4. The number of aromatic nitrogens is 4. The molecule has 0 aliphatic heterocycles. The van der Waals surface area contributed by atoms with Crippen LogP contribution in [-0.4, -0.2) is 25.8 Å². The van der Waals surface area contributed by atoms with Crippen LogP contribution >= 0.6 is 51.6 Å². The Morgan fingerprint density at radius 3 is 2.61 bits per heavy atom. The third-order valence-electron chi connectivity index (χ3n) is 4.79. The standard InChI is InChI=1S/C22H15Cl2FIN4O2P/c1-12(21-17(23)9-27-10-18(21)24)32-15-4-5-20-16(7-15)22(29-30(20)33-26)19(25)6-13-2-3-14(11-31)28-8-13/h2-12,33H,1H3/b19-6-. The molecule has 0 saturated heterocycles. The van der Waals surface area contributed by atoms with Crippen LogP contribution in [0.25, 0.3) is 22.8 Å². The van der Waals surface area contributed by atoms with E-state index >= 15 is 4.39 Å². The van der Waals surface area contributed by atoms with Crippen molar-refractivity contribution in [3.8, 4) is 5.75 Å². The topological polar surface area (TPSA) is 69.9 Å². The minimum Gasteiger partial charge on any atom is -0.486 e. The second-order valence-corrected chi connectivity index (χ2v) is 9.78. The van der Waals surface area contributed by atoms with Crippen molar-refractivity contribution in [3.63, 3.8) is 0 Å². The Balaban J connectivity index is 1.71. The molecule has 0 saturated carbocycles. The quantitative estimate of drug-likeness (QED) is 0.124. The van der Waals surface area contributed by atoms with Crippen LogP contribution in [0.15, 0.2) is 48.9 Å². The van der Waals surface area contributed by atoms with Gasteiger partial charge in [0.2, 0.25) is 0 Å². The number of pyridine rings is 2. The van der Waals surface area contributed by atoms with Crippen molar-refractivity contribution in [3.05, 3.63) is 81.5 Å². The van der Waals surface area contributed by atoms with E-state index in [0.717, 1.165) is 5.52 Å². The van der Waals surface area contributed by atoms with Gasteiger partial charge in [0.15, 0.2) is 12.1 Å². The van der Waals surface area contributed by atoms with Gasteiger partial charge in [0.1, 0.15) is 23.2 Å². The largest absolute Gasteiger partial charge is 0.486 e. The first kappa shape index (κ1) is 24.0. The summed E-state index contributed by atoms with van der Waals surface area (Å²) in [5.41, 5.74) is 2.37. The van der Waals surface area contributed by atoms with Crippen LogP contribution in [0.1, 0.15) is 40.3 Å². The molecular weight excluding hydrogens is 600 g/mol. The number of carbonyl (C=O) groups excluding carboxylic acids is 1. The predicted molar refractivity (Wildman–Crippen MR) is 139 cm³/mol. The van der Waals surface area contributed by atoms with Crippen LogP contribution in [0.2, 0.25) is 10.0 Å². The Labute approximate surface area is 213 Å². The first-order valence-electron chi connectivity index (χ1n) is 9.55. The molecule has 0 N–H and O–H groups in total. The second-order valence-electron chi connectivity index (χ2n) is 6.93. The van der Waals surface area contributed by atoms with Crippen molar-refractivity contribution < 1.29 is 13.9 Å². The average molecular weight is 615 g/mol. The molecule has 0 bridgehead atoms. The number of benzene rings is 1. The lowest BCUT2D eigenvalue weighted by molar-refractivity contribution is 0.111. The first-order chi connectivity index (χ1) is 15.9. The van der Waals surface area contributed by atoms with Crippen molar-refractivity contribution in [1.82, 2.24) is 19.5 Å². The number of rotatable bonds is 7. The summed E-state index contributed by atoms with van der Waals surface area (Å²) in [7, 11) is 0. The maximum absolute atomic E-state index is 15.3. The summed E-state index contributed by atoms with van der Waals surface area (Å²) in [6.07, 6.45) is 6.23. The highest BCUT2D eigenvalue weighted by Crippen LogP contribution is 2.37. The lowest BCUT2D eigenvalue weighted by atomic mass is 10.1. The molecule has 3 heterocycles. The highest BCUT2D eigenvalue weighted by Gasteiger charge is 2.19. The molecule has 3 aromatic heterocycles. The minimum atomic E-state index is -0.528. The summed E-state index contributed by atoms with van der Waals surface area (Å²) >= 11 is 14.7. The molecule has 2 unspecified atom stereocenters. The Bertz CT molecular complexity index is 1340.